The molecular formula is C10H17N3O2. The summed E-state index contributed by atoms with van der Waals surface area (Å²) in [4.78, 5) is 23.7. The first-order valence-corrected chi connectivity index (χ1v) is 4.70. The van der Waals surface area contributed by atoms with Gasteiger partial charge >= 0.3 is 0 Å². The molecule has 0 heterocycles. The van der Waals surface area contributed by atoms with E-state index in [4.69, 9.17) is 12.2 Å². The minimum Gasteiger partial charge on any atom is -0.369 e. The van der Waals surface area contributed by atoms with Gasteiger partial charge in [0, 0.05) is 6.04 Å². The Morgan fingerprint density at radius 3 is 2.47 bits per heavy atom. The molecule has 0 aromatic heterocycles. The molecule has 0 unspecified atom stereocenters. The van der Waals surface area contributed by atoms with Crippen LogP contribution in [0.3, 0.4) is 0 Å². The minimum absolute atomic E-state index is 0.0706. The maximum atomic E-state index is 11.3. The first kappa shape index (κ1) is 13.5. The van der Waals surface area contributed by atoms with Gasteiger partial charge < -0.3 is 11.1 Å². The van der Waals surface area contributed by atoms with Crippen LogP contribution in [-0.2, 0) is 9.59 Å². The van der Waals surface area contributed by atoms with E-state index in [0.717, 1.165) is 0 Å². The lowest BCUT2D eigenvalue weighted by Crippen LogP contribution is -2.44. The maximum Gasteiger partial charge on any atom is 0.234 e. The Hall–Kier alpha value is -1.54. The highest BCUT2D eigenvalue weighted by Crippen LogP contribution is 1.96. The van der Waals surface area contributed by atoms with Gasteiger partial charge in [0.1, 0.15) is 0 Å². The normalized spacial score (nSPS) is 10.1. The molecule has 0 spiro atoms. The van der Waals surface area contributed by atoms with E-state index in [1.54, 1.807) is 4.90 Å². The average Bonchev–Trinajstić information content (AvgIpc) is 2.12. The quantitative estimate of drug-likeness (QED) is 0.549. The molecule has 0 aliphatic heterocycles. The van der Waals surface area contributed by atoms with Gasteiger partial charge in [0.15, 0.2) is 0 Å². The Morgan fingerprint density at radius 1 is 1.47 bits per heavy atom. The number of primary amides is 1. The van der Waals surface area contributed by atoms with Crippen LogP contribution in [0.1, 0.15) is 13.8 Å². The molecule has 0 aromatic carbocycles. The van der Waals surface area contributed by atoms with Crippen LogP contribution in [0.2, 0.25) is 0 Å². The number of amides is 2. The van der Waals surface area contributed by atoms with E-state index in [-0.39, 0.29) is 31.6 Å². The first-order valence-electron chi connectivity index (χ1n) is 4.70. The Labute approximate surface area is 90.0 Å². The molecule has 0 radical (unpaired) electrons. The van der Waals surface area contributed by atoms with Crippen LogP contribution >= 0.6 is 0 Å². The summed E-state index contributed by atoms with van der Waals surface area (Å²) in [5, 5.41) is 2.52. The second-order valence-corrected chi connectivity index (χ2v) is 3.45. The van der Waals surface area contributed by atoms with E-state index in [1.807, 2.05) is 13.8 Å². The molecule has 0 saturated carbocycles. The fraction of sp³-hybridized carbons (Fsp3) is 0.600. The first-order chi connectivity index (χ1) is 6.97. The predicted octanol–water partition coefficient (Wildman–Crippen LogP) is -1.07. The van der Waals surface area contributed by atoms with Gasteiger partial charge in [-0.1, -0.05) is 5.92 Å². The number of rotatable bonds is 6. The SMILES string of the molecule is C#CCNC(=O)CN(CC(N)=O)C(C)C. The smallest absolute Gasteiger partial charge is 0.234 e. The second kappa shape index (κ2) is 6.85. The van der Waals surface area contributed by atoms with E-state index in [1.165, 1.54) is 0 Å². The number of hydrogen-bond acceptors (Lipinski definition) is 3. The molecule has 0 saturated heterocycles. The minimum atomic E-state index is -0.451. The third-order valence-electron chi connectivity index (χ3n) is 1.82. The zero-order chi connectivity index (χ0) is 11.8. The summed E-state index contributed by atoms with van der Waals surface area (Å²) in [5.41, 5.74) is 5.06. The zero-order valence-electron chi connectivity index (χ0n) is 9.12. The summed E-state index contributed by atoms with van der Waals surface area (Å²) in [6.07, 6.45) is 5.00. The van der Waals surface area contributed by atoms with Crippen molar-refractivity contribution < 1.29 is 9.59 Å². The van der Waals surface area contributed by atoms with Crippen LogP contribution in [0.5, 0.6) is 0 Å². The summed E-state index contributed by atoms with van der Waals surface area (Å²) in [5.74, 6) is 1.64. The van der Waals surface area contributed by atoms with E-state index < -0.39 is 5.91 Å². The lowest BCUT2D eigenvalue weighted by atomic mass is 10.3. The van der Waals surface area contributed by atoms with E-state index in [2.05, 4.69) is 11.2 Å². The molecule has 0 aliphatic rings. The molecule has 3 N–H and O–H groups in total. The summed E-state index contributed by atoms with van der Waals surface area (Å²) in [6, 6.07) is 0.0779. The molecule has 0 rings (SSSR count). The largest absolute Gasteiger partial charge is 0.369 e. The molecule has 5 heteroatoms. The Balaban J connectivity index is 4.11. The topological polar surface area (TPSA) is 75.4 Å². The second-order valence-electron chi connectivity index (χ2n) is 3.45. The fourth-order valence-electron chi connectivity index (χ4n) is 1.01. The fourth-order valence-corrected chi connectivity index (χ4v) is 1.01. The standard InChI is InChI=1S/C10H17N3O2/c1-4-5-12-10(15)7-13(8(2)3)6-9(11)14/h1,8H,5-7H2,2-3H3,(H2,11,14)(H,12,15). The van der Waals surface area contributed by atoms with Crippen LogP contribution in [-0.4, -0.2) is 42.4 Å². The molecule has 5 nitrogen and oxygen atoms in total. The van der Waals surface area contributed by atoms with Crippen molar-refractivity contribution in [3.63, 3.8) is 0 Å². The number of nitrogens with zero attached hydrogens (tertiary/aromatic N) is 1. The molecule has 84 valence electrons. The molecule has 2 amide bonds. The highest BCUT2D eigenvalue weighted by atomic mass is 16.2. The van der Waals surface area contributed by atoms with Gasteiger partial charge in [0.2, 0.25) is 11.8 Å². The van der Waals surface area contributed by atoms with Crippen LogP contribution in [0.15, 0.2) is 0 Å². The molecule has 0 aliphatic carbocycles. The van der Waals surface area contributed by atoms with Gasteiger partial charge in [-0.25, -0.2) is 0 Å². The number of nitrogens with one attached hydrogen (secondary N) is 1. The van der Waals surface area contributed by atoms with Crippen LogP contribution in [0.25, 0.3) is 0 Å². The molecule has 15 heavy (non-hydrogen) atoms. The van der Waals surface area contributed by atoms with Gasteiger partial charge in [-0.15, -0.1) is 6.42 Å². The summed E-state index contributed by atoms with van der Waals surface area (Å²) >= 11 is 0. The highest BCUT2D eigenvalue weighted by molar-refractivity contribution is 5.80. The number of carbonyl (C=O) groups is 2. The number of hydrogen-bond donors (Lipinski definition) is 2. The lowest BCUT2D eigenvalue weighted by Gasteiger charge is -2.23. The summed E-state index contributed by atoms with van der Waals surface area (Å²) < 4.78 is 0. The van der Waals surface area contributed by atoms with Gasteiger partial charge in [0.05, 0.1) is 19.6 Å². The summed E-state index contributed by atoms with van der Waals surface area (Å²) in [7, 11) is 0. The van der Waals surface area contributed by atoms with Crippen LogP contribution < -0.4 is 11.1 Å². The van der Waals surface area contributed by atoms with Crippen molar-refractivity contribution in [2.45, 2.75) is 19.9 Å². The van der Waals surface area contributed by atoms with E-state index in [9.17, 15) is 9.59 Å². The number of carbonyl (C=O) groups excluding carboxylic acids is 2. The molecule has 0 bridgehead atoms. The van der Waals surface area contributed by atoms with Gasteiger partial charge in [-0.2, -0.15) is 0 Å². The molecule has 0 atom stereocenters. The molecular weight excluding hydrogens is 194 g/mol. The number of nitrogens with two attached hydrogens (primary N) is 1. The number of terminal acetylenes is 1. The van der Waals surface area contributed by atoms with Gasteiger partial charge in [0.25, 0.3) is 0 Å². The van der Waals surface area contributed by atoms with Gasteiger partial charge in [-0.05, 0) is 13.8 Å². The van der Waals surface area contributed by atoms with E-state index >= 15 is 0 Å². The van der Waals surface area contributed by atoms with E-state index in [0.29, 0.717) is 0 Å². The average molecular weight is 211 g/mol. The van der Waals surface area contributed by atoms with Crippen molar-refractivity contribution in [3.8, 4) is 12.3 Å². The highest BCUT2D eigenvalue weighted by Gasteiger charge is 2.15. The predicted molar refractivity (Wildman–Crippen MR) is 57.7 cm³/mol. The Kier molecular flexibility index (Phi) is 6.14. The van der Waals surface area contributed by atoms with Crippen molar-refractivity contribution in [3.05, 3.63) is 0 Å². The lowest BCUT2D eigenvalue weighted by molar-refractivity contribution is -0.124. The van der Waals surface area contributed by atoms with Crippen molar-refractivity contribution in [2.75, 3.05) is 19.6 Å². The zero-order valence-corrected chi connectivity index (χ0v) is 9.12. The van der Waals surface area contributed by atoms with Crippen molar-refractivity contribution >= 4 is 11.8 Å². The third kappa shape index (κ3) is 6.52. The monoisotopic (exact) mass is 211 g/mol. The van der Waals surface area contributed by atoms with Gasteiger partial charge in [-0.3, -0.25) is 14.5 Å². The van der Waals surface area contributed by atoms with Crippen molar-refractivity contribution in [1.29, 1.82) is 0 Å². The Bertz CT molecular complexity index is 268. The maximum absolute atomic E-state index is 11.3. The Morgan fingerprint density at radius 2 is 2.07 bits per heavy atom. The summed E-state index contributed by atoms with van der Waals surface area (Å²) in [6.45, 7) is 4.17. The molecule has 0 aromatic rings. The van der Waals surface area contributed by atoms with Crippen LogP contribution in [0.4, 0.5) is 0 Å². The van der Waals surface area contributed by atoms with Crippen molar-refractivity contribution in [1.82, 2.24) is 10.2 Å². The molecule has 0 fully saturated rings. The van der Waals surface area contributed by atoms with Crippen molar-refractivity contribution in [2.24, 2.45) is 5.73 Å². The third-order valence-corrected chi connectivity index (χ3v) is 1.82. The van der Waals surface area contributed by atoms with Crippen LogP contribution in [0, 0.1) is 12.3 Å².